The Bertz CT molecular complexity index is 768. The van der Waals surface area contributed by atoms with Gasteiger partial charge in [0.15, 0.2) is 0 Å². The number of halogens is 1. The Morgan fingerprint density at radius 2 is 2.05 bits per heavy atom. The second-order valence-electron chi connectivity index (χ2n) is 3.98. The predicted molar refractivity (Wildman–Crippen MR) is 86.0 cm³/mol. The van der Waals surface area contributed by atoms with Crippen LogP contribution in [0.1, 0.15) is 15.2 Å². The summed E-state index contributed by atoms with van der Waals surface area (Å²) in [6, 6.07) is 6.56. The van der Waals surface area contributed by atoms with E-state index in [0.29, 0.717) is 5.69 Å². The van der Waals surface area contributed by atoms with Gasteiger partial charge in [-0.05, 0) is 64.7 Å². The Labute approximate surface area is 133 Å². The molecular weight excluding hydrogens is 413 g/mol. The van der Waals surface area contributed by atoms with E-state index in [4.69, 9.17) is 5.11 Å². The van der Waals surface area contributed by atoms with Crippen LogP contribution in [0.25, 0.3) is 0 Å². The van der Waals surface area contributed by atoms with Gasteiger partial charge in [-0.2, -0.15) is 0 Å². The number of anilines is 1. The van der Waals surface area contributed by atoms with Crippen LogP contribution in [0, 0.1) is 10.5 Å². The van der Waals surface area contributed by atoms with Crippen LogP contribution < -0.4 is 4.72 Å². The first-order valence-corrected chi connectivity index (χ1v) is 8.85. The van der Waals surface area contributed by atoms with Gasteiger partial charge in [0.1, 0.15) is 9.77 Å². The molecule has 1 aromatic heterocycles. The Balaban J connectivity index is 2.41. The smallest absolute Gasteiger partial charge is 0.347 e. The van der Waals surface area contributed by atoms with Crippen molar-refractivity contribution in [1.82, 2.24) is 0 Å². The number of aromatic carboxylic acids is 1. The highest BCUT2D eigenvalue weighted by Gasteiger charge is 2.24. The standard InChI is InChI=1S/C12H10INO4S2/c1-7-6-8(13)2-3-9(7)14-20(17,18)10-4-5-19-11(10)12(15)16/h2-6,14H,1H3,(H,15,16). The van der Waals surface area contributed by atoms with Crippen molar-refractivity contribution in [3.05, 3.63) is 43.7 Å². The van der Waals surface area contributed by atoms with Crippen LogP contribution in [0.5, 0.6) is 0 Å². The normalized spacial score (nSPS) is 11.3. The third-order valence-electron chi connectivity index (χ3n) is 2.55. The molecule has 0 spiro atoms. The largest absolute Gasteiger partial charge is 0.477 e. The predicted octanol–water partition coefficient (Wildman–Crippen LogP) is 3.16. The van der Waals surface area contributed by atoms with Gasteiger partial charge in [0.05, 0.1) is 5.69 Å². The van der Waals surface area contributed by atoms with Crippen molar-refractivity contribution in [2.24, 2.45) is 0 Å². The van der Waals surface area contributed by atoms with Crippen LogP contribution in [-0.4, -0.2) is 19.5 Å². The number of carboxylic acid groups (broad SMARTS) is 1. The molecule has 0 amide bonds. The number of hydrogen-bond acceptors (Lipinski definition) is 4. The summed E-state index contributed by atoms with van der Waals surface area (Å²) >= 11 is 3.01. The van der Waals surface area contributed by atoms with E-state index in [-0.39, 0.29) is 9.77 Å². The van der Waals surface area contributed by atoms with Gasteiger partial charge in [-0.15, -0.1) is 11.3 Å². The number of nitrogens with one attached hydrogen (secondary N) is 1. The molecule has 0 unspecified atom stereocenters. The molecule has 0 fully saturated rings. The third kappa shape index (κ3) is 3.13. The highest BCUT2D eigenvalue weighted by atomic mass is 127. The maximum Gasteiger partial charge on any atom is 0.347 e. The van der Waals surface area contributed by atoms with Crippen molar-refractivity contribution < 1.29 is 18.3 Å². The highest BCUT2D eigenvalue weighted by Crippen LogP contribution is 2.26. The fourth-order valence-electron chi connectivity index (χ4n) is 1.61. The molecule has 2 N–H and O–H groups in total. The lowest BCUT2D eigenvalue weighted by atomic mass is 10.2. The molecule has 0 saturated heterocycles. The number of sulfonamides is 1. The number of hydrogen-bond donors (Lipinski definition) is 2. The Hall–Kier alpha value is -1.13. The average Bonchev–Trinajstić information content (AvgIpc) is 2.82. The zero-order valence-corrected chi connectivity index (χ0v) is 14.0. The molecule has 0 saturated carbocycles. The van der Waals surface area contributed by atoms with Crippen molar-refractivity contribution in [2.75, 3.05) is 4.72 Å². The molecule has 2 aromatic rings. The molecule has 0 aliphatic heterocycles. The quantitative estimate of drug-likeness (QED) is 0.741. The molecule has 20 heavy (non-hydrogen) atoms. The second kappa shape index (κ2) is 5.70. The lowest BCUT2D eigenvalue weighted by Gasteiger charge is -2.10. The SMILES string of the molecule is Cc1cc(I)ccc1NS(=O)(=O)c1ccsc1C(=O)O. The van der Waals surface area contributed by atoms with E-state index in [0.717, 1.165) is 20.5 Å². The van der Waals surface area contributed by atoms with E-state index < -0.39 is 16.0 Å². The first-order chi connectivity index (χ1) is 9.31. The topological polar surface area (TPSA) is 83.5 Å². The number of aryl methyl sites for hydroxylation is 1. The van der Waals surface area contributed by atoms with Crippen LogP contribution >= 0.6 is 33.9 Å². The molecule has 0 aliphatic carbocycles. The monoisotopic (exact) mass is 423 g/mol. The van der Waals surface area contributed by atoms with Crippen molar-refractivity contribution >= 4 is 55.6 Å². The van der Waals surface area contributed by atoms with Gasteiger partial charge in [0.25, 0.3) is 10.0 Å². The molecule has 1 aromatic carbocycles. The van der Waals surface area contributed by atoms with Crippen LogP contribution in [-0.2, 0) is 10.0 Å². The number of carboxylic acids is 1. The maximum absolute atomic E-state index is 12.3. The number of thiophene rings is 1. The van der Waals surface area contributed by atoms with Crippen molar-refractivity contribution in [1.29, 1.82) is 0 Å². The summed E-state index contributed by atoms with van der Waals surface area (Å²) < 4.78 is 27.9. The van der Waals surface area contributed by atoms with Crippen LogP contribution in [0.15, 0.2) is 34.5 Å². The van der Waals surface area contributed by atoms with Crippen molar-refractivity contribution in [3.63, 3.8) is 0 Å². The summed E-state index contributed by atoms with van der Waals surface area (Å²) in [7, 11) is -3.90. The molecular formula is C12H10INO4S2. The maximum atomic E-state index is 12.3. The Morgan fingerprint density at radius 3 is 2.65 bits per heavy atom. The molecule has 2 rings (SSSR count). The van der Waals surface area contributed by atoms with Gasteiger partial charge in [-0.25, -0.2) is 13.2 Å². The Morgan fingerprint density at radius 1 is 1.35 bits per heavy atom. The number of benzene rings is 1. The lowest BCUT2D eigenvalue weighted by molar-refractivity contribution is 0.0698. The fourth-order valence-corrected chi connectivity index (χ4v) is 4.65. The molecule has 0 atom stereocenters. The van der Waals surface area contributed by atoms with Crippen LogP contribution in [0.3, 0.4) is 0 Å². The zero-order chi connectivity index (χ0) is 14.9. The third-order valence-corrected chi connectivity index (χ3v) is 5.66. The van der Waals surface area contributed by atoms with Gasteiger partial charge in [-0.1, -0.05) is 0 Å². The zero-order valence-electron chi connectivity index (χ0n) is 10.3. The van der Waals surface area contributed by atoms with Crippen LogP contribution in [0.4, 0.5) is 5.69 Å². The molecule has 0 radical (unpaired) electrons. The lowest BCUT2D eigenvalue weighted by Crippen LogP contribution is -2.15. The summed E-state index contributed by atoms with van der Waals surface area (Å²) in [5, 5.41) is 10.4. The summed E-state index contributed by atoms with van der Waals surface area (Å²) in [5.74, 6) is -1.25. The van der Waals surface area contributed by atoms with Gasteiger partial charge in [0.2, 0.25) is 0 Å². The summed E-state index contributed by atoms with van der Waals surface area (Å²) in [6.07, 6.45) is 0. The minimum atomic E-state index is -3.90. The van der Waals surface area contributed by atoms with Gasteiger partial charge >= 0.3 is 5.97 Å². The second-order valence-corrected chi connectivity index (χ2v) is 7.80. The summed E-state index contributed by atoms with van der Waals surface area (Å²) in [5.41, 5.74) is 1.21. The first-order valence-electron chi connectivity index (χ1n) is 5.41. The van der Waals surface area contributed by atoms with Gasteiger partial charge in [-0.3, -0.25) is 4.72 Å². The van der Waals surface area contributed by atoms with E-state index >= 15 is 0 Å². The van der Waals surface area contributed by atoms with Crippen LogP contribution in [0.2, 0.25) is 0 Å². The van der Waals surface area contributed by atoms with Crippen molar-refractivity contribution in [3.8, 4) is 0 Å². The highest BCUT2D eigenvalue weighted by molar-refractivity contribution is 14.1. The summed E-state index contributed by atoms with van der Waals surface area (Å²) in [4.78, 5) is 10.6. The fraction of sp³-hybridized carbons (Fsp3) is 0.0833. The van der Waals surface area contributed by atoms with E-state index in [1.54, 1.807) is 19.1 Å². The average molecular weight is 423 g/mol. The molecule has 0 bridgehead atoms. The first kappa shape index (κ1) is 15.3. The molecule has 8 heteroatoms. The van der Waals surface area contributed by atoms with E-state index in [9.17, 15) is 13.2 Å². The Kier molecular flexibility index (Phi) is 4.35. The van der Waals surface area contributed by atoms with E-state index in [2.05, 4.69) is 27.3 Å². The molecule has 5 nitrogen and oxygen atoms in total. The van der Waals surface area contributed by atoms with E-state index in [1.165, 1.54) is 11.4 Å². The number of rotatable bonds is 4. The molecule has 0 aliphatic rings. The van der Waals surface area contributed by atoms with Crippen molar-refractivity contribution in [2.45, 2.75) is 11.8 Å². The molecule has 106 valence electrons. The minimum absolute atomic E-state index is 0.194. The summed E-state index contributed by atoms with van der Waals surface area (Å²) in [6.45, 7) is 1.78. The minimum Gasteiger partial charge on any atom is -0.477 e. The van der Waals surface area contributed by atoms with Gasteiger partial charge < -0.3 is 5.11 Å². The van der Waals surface area contributed by atoms with Gasteiger partial charge in [0, 0.05) is 3.57 Å². The number of carbonyl (C=O) groups is 1. The molecule has 1 heterocycles. The van der Waals surface area contributed by atoms with E-state index in [1.807, 2.05) is 6.07 Å².